The second-order valence-electron chi connectivity index (χ2n) is 10.9. The van der Waals surface area contributed by atoms with Gasteiger partial charge < -0.3 is 15.0 Å². The highest BCUT2D eigenvalue weighted by Gasteiger charge is 2.49. The van der Waals surface area contributed by atoms with Gasteiger partial charge in [0.1, 0.15) is 11.3 Å². The Bertz CT molecular complexity index is 999. The van der Waals surface area contributed by atoms with Crippen LogP contribution in [-0.2, 0) is 17.5 Å². The molecule has 4 rings (SSSR count). The molecule has 2 aromatic rings. The summed E-state index contributed by atoms with van der Waals surface area (Å²) in [7, 11) is 0. The molecular weight excluding hydrogens is 455 g/mol. The van der Waals surface area contributed by atoms with Crippen molar-refractivity contribution in [3.05, 3.63) is 65.5 Å². The van der Waals surface area contributed by atoms with Gasteiger partial charge in [0.2, 0.25) is 0 Å². The first-order valence-corrected chi connectivity index (χ1v) is 12.2. The van der Waals surface area contributed by atoms with Crippen LogP contribution in [0.3, 0.4) is 0 Å². The number of benzene rings is 1. The Labute approximate surface area is 205 Å². The fourth-order valence-electron chi connectivity index (χ4n) is 4.82. The van der Waals surface area contributed by atoms with Crippen LogP contribution in [0.25, 0.3) is 0 Å². The van der Waals surface area contributed by atoms with Gasteiger partial charge >= 0.3 is 12.3 Å². The first kappa shape index (κ1) is 25.5. The van der Waals surface area contributed by atoms with Gasteiger partial charge in [-0.05, 0) is 57.2 Å². The molecule has 2 atom stereocenters. The highest BCUT2D eigenvalue weighted by atomic mass is 19.4. The van der Waals surface area contributed by atoms with E-state index in [4.69, 9.17) is 4.74 Å². The fourth-order valence-corrected chi connectivity index (χ4v) is 4.82. The van der Waals surface area contributed by atoms with Crippen LogP contribution < -0.4 is 5.32 Å². The summed E-state index contributed by atoms with van der Waals surface area (Å²) in [6.45, 7) is 7.34. The van der Waals surface area contributed by atoms with Crippen molar-refractivity contribution in [1.29, 1.82) is 0 Å². The van der Waals surface area contributed by atoms with Crippen molar-refractivity contribution in [2.45, 2.75) is 76.7 Å². The molecule has 0 bridgehead atoms. The molecule has 0 aliphatic heterocycles. The number of aromatic nitrogens is 1. The lowest BCUT2D eigenvalue weighted by atomic mass is 9.68. The molecule has 2 saturated carbocycles. The van der Waals surface area contributed by atoms with Gasteiger partial charge in [0, 0.05) is 43.2 Å². The zero-order chi connectivity index (χ0) is 25.3. The molecule has 2 aliphatic rings. The number of nitrogens with zero attached hydrogens (tertiary/aromatic N) is 2. The van der Waals surface area contributed by atoms with E-state index in [0.717, 1.165) is 31.7 Å². The number of ether oxygens (including phenoxy) is 1. The van der Waals surface area contributed by atoms with Gasteiger partial charge in [0.15, 0.2) is 0 Å². The topological polar surface area (TPSA) is 54.5 Å². The molecular formula is C27H34F3N3O2. The third-order valence-corrected chi connectivity index (χ3v) is 6.88. The van der Waals surface area contributed by atoms with E-state index < -0.39 is 17.5 Å². The Balaban J connectivity index is 1.40. The number of alkyl halides is 3. The largest absolute Gasteiger partial charge is 0.444 e. The molecule has 5 nitrogen and oxygen atoms in total. The molecule has 1 N–H and O–H groups in total. The Morgan fingerprint density at radius 2 is 1.86 bits per heavy atom. The maximum Gasteiger partial charge on any atom is 0.433 e. The van der Waals surface area contributed by atoms with E-state index in [0.29, 0.717) is 31.1 Å². The predicted octanol–water partition coefficient (Wildman–Crippen LogP) is 6.15. The lowest BCUT2D eigenvalue weighted by Gasteiger charge is -2.45. The second-order valence-corrected chi connectivity index (χ2v) is 10.9. The number of amides is 1. The van der Waals surface area contributed by atoms with Crippen LogP contribution in [0, 0.1) is 5.41 Å². The van der Waals surface area contributed by atoms with E-state index in [1.165, 1.54) is 17.8 Å². The van der Waals surface area contributed by atoms with Crippen molar-refractivity contribution >= 4 is 6.09 Å². The summed E-state index contributed by atoms with van der Waals surface area (Å²) in [6, 6.07) is 12.8. The van der Waals surface area contributed by atoms with Crippen LogP contribution in [0.4, 0.5) is 18.0 Å². The summed E-state index contributed by atoms with van der Waals surface area (Å²) in [6.07, 6.45) is 0.556. The smallest absolute Gasteiger partial charge is 0.433 e. The van der Waals surface area contributed by atoms with Gasteiger partial charge in [-0.3, -0.25) is 4.98 Å². The van der Waals surface area contributed by atoms with Crippen LogP contribution >= 0.6 is 0 Å². The molecule has 0 spiro atoms. The summed E-state index contributed by atoms with van der Waals surface area (Å²) in [5, 5.41) is 3.40. The van der Waals surface area contributed by atoms with E-state index in [2.05, 4.69) is 22.4 Å². The van der Waals surface area contributed by atoms with E-state index in [1.54, 1.807) is 0 Å². The molecule has 2 aliphatic carbocycles. The normalized spacial score (nSPS) is 21.2. The number of hydrogen-bond acceptors (Lipinski definition) is 4. The summed E-state index contributed by atoms with van der Waals surface area (Å²) in [5.74, 6) is 0.312. The number of carbonyl (C=O) groups excluding carboxylic acids is 1. The fraction of sp³-hybridized carbons (Fsp3) is 0.556. The third kappa shape index (κ3) is 6.54. The summed E-state index contributed by atoms with van der Waals surface area (Å²) >= 11 is 0. The first-order valence-electron chi connectivity index (χ1n) is 12.2. The number of nitrogens with one attached hydrogen (secondary N) is 1. The minimum absolute atomic E-state index is 0.0694. The van der Waals surface area contributed by atoms with Crippen LogP contribution in [0.15, 0.2) is 48.7 Å². The molecule has 35 heavy (non-hydrogen) atoms. The molecule has 1 aromatic carbocycles. The Kier molecular flexibility index (Phi) is 7.13. The zero-order valence-electron chi connectivity index (χ0n) is 20.6. The van der Waals surface area contributed by atoms with Crippen molar-refractivity contribution < 1.29 is 22.7 Å². The van der Waals surface area contributed by atoms with Gasteiger partial charge in [-0.25, -0.2) is 4.79 Å². The van der Waals surface area contributed by atoms with Crippen LogP contribution in [0.5, 0.6) is 0 Å². The molecule has 8 heteroatoms. The number of rotatable bonds is 8. The zero-order valence-corrected chi connectivity index (χ0v) is 20.6. The van der Waals surface area contributed by atoms with Gasteiger partial charge in [0.05, 0.1) is 0 Å². The number of hydrogen-bond donors (Lipinski definition) is 1. The average molecular weight is 490 g/mol. The first-order chi connectivity index (χ1) is 16.5. The molecule has 1 amide bonds. The minimum atomic E-state index is -4.44. The lowest BCUT2D eigenvalue weighted by molar-refractivity contribution is -0.141. The van der Waals surface area contributed by atoms with Crippen LogP contribution in [0.1, 0.15) is 69.2 Å². The Morgan fingerprint density at radius 3 is 2.40 bits per heavy atom. The second kappa shape index (κ2) is 9.80. The van der Waals surface area contributed by atoms with Gasteiger partial charge in [0.25, 0.3) is 0 Å². The monoisotopic (exact) mass is 489 g/mol. The van der Waals surface area contributed by atoms with Crippen molar-refractivity contribution in [1.82, 2.24) is 15.2 Å². The number of pyridine rings is 1. The van der Waals surface area contributed by atoms with Crippen molar-refractivity contribution in [3.63, 3.8) is 0 Å². The molecule has 1 heterocycles. The molecule has 190 valence electrons. The molecule has 0 saturated heterocycles. The minimum Gasteiger partial charge on any atom is -0.444 e. The summed E-state index contributed by atoms with van der Waals surface area (Å²) in [4.78, 5) is 18.7. The average Bonchev–Trinajstić information content (AvgIpc) is 3.54. The quantitative estimate of drug-likeness (QED) is 0.483. The maximum absolute atomic E-state index is 13.2. The molecule has 0 radical (unpaired) electrons. The van der Waals surface area contributed by atoms with E-state index in [9.17, 15) is 18.0 Å². The number of carbonyl (C=O) groups is 1. The van der Waals surface area contributed by atoms with Crippen molar-refractivity contribution in [3.8, 4) is 0 Å². The van der Waals surface area contributed by atoms with Gasteiger partial charge in [-0.1, -0.05) is 42.8 Å². The van der Waals surface area contributed by atoms with Crippen LogP contribution in [0.2, 0.25) is 0 Å². The predicted molar refractivity (Wildman–Crippen MR) is 128 cm³/mol. The van der Waals surface area contributed by atoms with Crippen molar-refractivity contribution in [2.24, 2.45) is 5.41 Å². The van der Waals surface area contributed by atoms with E-state index >= 15 is 0 Å². The molecule has 2 fully saturated rings. The highest BCUT2D eigenvalue weighted by molar-refractivity contribution is 5.69. The van der Waals surface area contributed by atoms with E-state index in [-0.39, 0.29) is 17.6 Å². The maximum atomic E-state index is 13.2. The Hall–Kier alpha value is -2.61. The number of halogens is 3. The summed E-state index contributed by atoms with van der Waals surface area (Å²) < 4.78 is 44.0. The van der Waals surface area contributed by atoms with Crippen LogP contribution in [-0.4, -0.2) is 40.7 Å². The SMILES string of the molecule is CC(C)(C)OC(=O)N(CC1(CNCc2ccc(C(F)(F)F)nc2)CCC1)C1C[C@@H]1c1ccccc1. The lowest BCUT2D eigenvalue weighted by Crippen LogP contribution is -2.51. The van der Waals surface area contributed by atoms with E-state index in [1.807, 2.05) is 43.9 Å². The van der Waals surface area contributed by atoms with Gasteiger partial charge in [-0.2, -0.15) is 13.2 Å². The molecule has 1 aromatic heterocycles. The molecule has 1 unspecified atom stereocenters. The summed E-state index contributed by atoms with van der Waals surface area (Å²) in [5.41, 5.74) is 0.402. The standard InChI is InChI=1S/C27H34F3N3O2/c1-25(2,3)35-24(34)33(22-14-21(22)20-8-5-4-6-9-20)18-26(12-7-13-26)17-31-15-19-10-11-23(32-16-19)27(28,29)30/h4-6,8-11,16,21-22,31H,7,12-15,17-18H2,1-3H3/t21-,22?/m1/s1. The van der Waals surface area contributed by atoms with Gasteiger partial charge in [-0.15, -0.1) is 0 Å². The Morgan fingerprint density at radius 1 is 1.14 bits per heavy atom. The van der Waals surface area contributed by atoms with Crippen molar-refractivity contribution in [2.75, 3.05) is 13.1 Å². The highest BCUT2D eigenvalue weighted by Crippen LogP contribution is 2.49. The third-order valence-electron chi connectivity index (χ3n) is 6.88.